The lowest BCUT2D eigenvalue weighted by atomic mass is 9.98. The van der Waals surface area contributed by atoms with Gasteiger partial charge < -0.3 is 20.1 Å². The Kier molecular flexibility index (Phi) is 1.18. The van der Waals surface area contributed by atoms with E-state index in [0.717, 1.165) is 6.42 Å². The lowest BCUT2D eigenvalue weighted by Crippen LogP contribution is -2.64. The lowest BCUT2D eigenvalue weighted by Gasteiger charge is -2.38. The number of carbonyl (C=O) groups excluding carboxylic acids is 1. The molecule has 0 radical (unpaired) electrons. The van der Waals surface area contributed by atoms with Crippen LogP contribution in [0, 0.1) is 0 Å². The second-order valence-electron chi connectivity index (χ2n) is 3.44. The maximum absolute atomic E-state index is 11.1. The normalized spacial score (nSPS) is 49.8. The van der Waals surface area contributed by atoms with Crippen LogP contribution < -0.4 is 10.6 Å². The number of amides is 2. The van der Waals surface area contributed by atoms with E-state index < -0.39 is 0 Å². The third-order valence-electron chi connectivity index (χ3n) is 2.65. The van der Waals surface area contributed by atoms with Gasteiger partial charge in [-0.15, -0.1) is 0 Å². The van der Waals surface area contributed by atoms with Gasteiger partial charge in [0, 0.05) is 0 Å². The van der Waals surface area contributed by atoms with Gasteiger partial charge in [-0.25, -0.2) is 4.79 Å². The second kappa shape index (κ2) is 2.11. The van der Waals surface area contributed by atoms with E-state index in [0.29, 0.717) is 6.61 Å². The first-order valence-electron chi connectivity index (χ1n) is 4.17. The minimum Gasteiger partial charge on any atom is -0.348 e. The number of ether oxygens (including phenoxy) is 2. The number of fused-ring (bicyclic) bond motifs is 6. The maximum Gasteiger partial charge on any atom is 0.315 e. The Hall–Kier alpha value is -0.810. The van der Waals surface area contributed by atoms with Crippen LogP contribution in [-0.2, 0) is 9.47 Å². The van der Waals surface area contributed by atoms with Crippen molar-refractivity contribution < 1.29 is 14.3 Å². The average molecular weight is 170 g/mol. The van der Waals surface area contributed by atoms with Gasteiger partial charge in [0.2, 0.25) is 0 Å². The van der Waals surface area contributed by atoms with Gasteiger partial charge in [0.15, 0.2) is 6.29 Å². The van der Waals surface area contributed by atoms with E-state index in [1.54, 1.807) is 0 Å². The molecule has 5 heteroatoms. The Morgan fingerprint density at radius 2 is 2.17 bits per heavy atom. The molecule has 0 aromatic carbocycles. The van der Waals surface area contributed by atoms with Crippen molar-refractivity contribution in [1.82, 2.24) is 10.6 Å². The smallest absolute Gasteiger partial charge is 0.315 e. The molecule has 0 aromatic rings. The second-order valence-corrected chi connectivity index (χ2v) is 3.44. The van der Waals surface area contributed by atoms with Gasteiger partial charge in [0.25, 0.3) is 0 Å². The molecular formula is C7H10N2O3. The molecule has 5 nitrogen and oxygen atoms in total. The predicted molar refractivity (Wildman–Crippen MR) is 38.5 cm³/mol. The highest BCUT2D eigenvalue weighted by molar-refractivity contribution is 5.75. The Morgan fingerprint density at radius 3 is 3.08 bits per heavy atom. The fourth-order valence-electron chi connectivity index (χ4n) is 2.06. The summed E-state index contributed by atoms with van der Waals surface area (Å²) in [6, 6.07) is 0.0880. The number of urea groups is 1. The van der Waals surface area contributed by atoms with E-state index in [1.807, 2.05) is 0 Å². The SMILES string of the molecule is O=C1N[C@@H]2C[C@@H](N1)[C@H]1CO[C@@H]2O1. The van der Waals surface area contributed by atoms with Crippen LogP contribution in [0.25, 0.3) is 0 Å². The van der Waals surface area contributed by atoms with Crippen LogP contribution in [0.2, 0.25) is 0 Å². The first kappa shape index (κ1) is 6.68. The molecular weight excluding hydrogens is 160 g/mol. The van der Waals surface area contributed by atoms with Crippen molar-refractivity contribution in [2.45, 2.75) is 30.9 Å². The summed E-state index contributed by atoms with van der Waals surface area (Å²) >= 11 is 0. The topological polar surface area (TPSA) is 59.6 Å². The van der Waals surface area contributed by atoms with E-state index in [9.17, 15) is 4.79 Å². The van der Waals surface area contributed by atoms with E-state index in [1.165, 1.54) is 0 Å². The standard InChI is InChI=1S/C7H10N2O3/c10-7-8-3-1-4(9-7)6-11-2-5(3)12-6/h3-6H,1-2H2,(H2,8,9,10)/t3-,4-,5-,6-/m1/s1. The van der Waals surface area contributed by atoms with E-state index in [-0.39, 0.29) is 30.5 Å². The summed E-state index contributed by atoms with van der Waals surface area (Å²) in [6.07, 6.45) is 0.774. The molecule has 4 bridgehead atoms. The Labute approximate surface area is 69.4 Å². The summed E-state index contributed by atoms with van der Waals surface area (Å²) in [4.78, 5) is 11.1. The van der Waals surface area contributed by atoms with Crippen LogP contribution in [0.15, 0.2) is 0 Å². The monoisotopic (exact) mass is 170 g/mol. The highest BCUT2D eigenvalue weighted by atomic mass is 16.7. The first-order chi connectivity index (χ1) is 5.83. The van der Waals surface area contributed by atoms with Gasteiger partial charge in [0.05, 0.1) is 18.7 Å². The van der Waals surface area contributed by atoms with Crippen LogP contribution >= 0.6 is 0 Å². The molecule has 3 saturated heterocycles. The van der Waals surface area contributed by atoms with E-state index >= 15 is 0 Å². The number of hydrogen-bond donors (Lipinski definition) is 2. The third-order valence-corrected chi connectivity index (χ3v) is 2.65. The van der Waals surface area contributed by atoms with Crippen molar-refractivity contribution in [1.29, 1.82) is 0 Å². The summed E-state index contributed by atoms with van der Waals surface area (Å²) in [5.41, 5.74) is 0. The number of nitrogens with one attached hydrogen (secondary N) is 2. The molecule has 3 aliphatic rings. The lowest BCUT2D eigenvalue weighted by molar-refractivity contribution is -0.113. The zero-order valence-electron chi connectivity index (χ0n) is 6.45. The molecule has 3 aliphatic heterocycles. The number of hydrogen-bond acceptors (Lipinski definition) is 3. The fourth-order valence-corrected chi connectivity index (χ4v) is 2.06. The van der Waals surface area contributed by atoms with Crippen molar-refractivity contribution >= 4 is 6.03 Å². The van der Waals surface area contributed by atoms with Crippen molar-refractivity contribution in [3.63, 3.8) is 0 Å². The minimum absolute atomic E-state index is 0.0440. The zero-order valence-corrected chi connectivity index (χ0v) is 6.45. The van der Waals surface area contributed by atoms with Crippen molar-refractivity contribution in [3.8, 4) is 0 Å². The molecule has 0 unspecified atom stereocenters. The molecule has 3 rings (SSSR count). The largest absolute Gasteiger partial charge is 0.348 e. The van der Waals surface area contributed by atoms with Crippen LogP contribution in [0.3, 0.4) is 0 Å². The van der Waals surface area contributed by atoms with Gasteiger partial charge in [-0.05, 0) is 6.42 Å². The Balaban J connectivity index is 1.90. The molecule has 3 heterocycles. The highest BCUT2D eigenvalue weighted by Gasteiger charge is 2.47. The molecule has 12 heavy (non-hydrogen) atoms. The van der Waals surface area contributed by atoms with Crippen molar-refractivity contribution in [2.75, 3.05) is 6.61 Å². The molecule has 0 spiro atoms. The number of rotatable bonds is 0. The Morgan fingerprint density at radius 1 is 1.33 bits per heavy atom. The molecule has 0 aliphatic carbocycles. The predicted octanol–water partition coefficient (Wildman–Crippen LogP) is -0.818. The Bertz CT molecular complexity index is 213. The summed E-state index contributed by atoms with van der Waals surface area (Å²) in [7, 11) is 0. The molecule has 0 saturated carbocycles. The third kappa shape index (κ3) is 0.776. The zero-order chi connectivity index (χ0) is 8.13. The molecule has 4 atom stereocenters. The number of carbonyl (C=O) groups is 1. The quantitative estimate of drug-likeness (QED) is 0.499. The van der Waals surface area contributed by atoms with E-state index in [4.69, 9.17) is 9.47 Å². The van der Waals surface area contributed by atoms with Gasteiger partial charge in [-0.1, -0.05) is 0 Å². The van der Waals surface area contributed by atoms with Gasteiger partial charge in [-0.3, -0.25) is 0 Å². The molecule has 2 amide bonds. The van der Waals surface area contributed by atoms with Crippen molar-refractivity contribution in [2.24, 2.45) is 0 Å². The summed E-state index contributed by atoms with van der Waals surface area (Å²) < 4.78 is 10.9. The summed E-state index contributed by atoms with van der Waals surface area (Å²) in [5.74, 6) is 0. The molecule has 0 aromatic heterocycles. The average Bonchev–Trinajstić information content (AvgIpc) is 2.46. The minimum atomic E-state index is -0.211. The molecule has 66 valence electrons. The first-order valence-corrected chi connectivity index (χ1v) is 4.17. The summed E-state index contributed by atoms with van der Waals surface area (Å²) in [6.45, 7) is 0.605. The van der Waals surface area contributed by atoms with Crippen LogP contribution in [-0.4, -0.2) is 37.1 Å². The maximum atomic E-state index is 11.1. The van der Waals surface area contributed by atoms with Gasteiger partial charge >= 0.3 is 6.03 Å². The van der Waals surface area contributed by atoms with Crippen molar-refractivity contribution in [3.05, 3.63) is 0 Å². The molecule has 2 N–H and O–H groups in total. The van der Waals surface area contributed by atoms with Crippen LogP contribution in [0.5, 0.6) is 0 Å². The summed E-state index contributed by atoms with van der Waals surface area (Å²) in [5, 5.41) is 5.60. The van der Waals surface area contributed by atoms with Crippen LogP contribution in [0.1, 0.15) is 6.42 Å². The van der Waals surface area contributed by atoms with E-state index in [2.05, 4.69) is 10.6 Å². The van der Waals surface area contributed by atoms with Crippen LogP contribution in [0.4, 0.5) is 4.79 Å². The molecule has 3 fully saturated rings. The highest BCUT2D eigenvalue weighted by Crippen LogP contribution is 2.29. The fraction of sp³-hybridized carbons (Fsp3) is 0.857. The van der Waals surface area contributed by atoms with Gasteiger partial charge in [0.1, 0.15) is 6.10 Å². The van der Waals surface area contributed by atoms with Gasteiger partial charge in [-0.2, -0.15) is 0 Å².